The first-order valence-corrected chi connectivity index (χ1v) is 10.1. The SMILES string of the molecule is C=CB(c1ccccc1)c1ccc(OC(C)(C)C)cc1.CC(C)(C)c1cnc[nH]1. The number of rotatable bonds is 4. The zero-order valence-corrected chi connectivity index (χ0v) is 18.6. The van der Waals surface area contributed by atoms with Gasteiger partial charge in [0.15, 0.2) is 0 Å². The van der Waals surface area contributed by atoms with Crippen LogP contribution in [0.2, 0.25) is 0 Å². The first-order valence-electron chi connectivity index (χ1n) is 10.1. The van der Waals surface area contributed by atoms with Gasteiger partial charge in [0.25, 0.3) is 0 Å². The van der Waals surface area contributed by atoms with Crippen molar-refractivity contribution in [2.45, 2.75) is 52.6 Å². The lowest BCUT2D eigenvalue weighted by atomic mass is 9.41. The van der Waals surface area contributed by atoms with E-state index in [2.05, 4.69) is 94.5 Å². The Balaban J connectivity index is 0.000000278. The smallest absolute Gasteiger partial charge is 0.233 e. The predicted octanol–water partition coefficient (Wildman–Crippen LogP) is 4.91. The monoisotopic (exact) mass is 388 g/mol. The molecule has 1 heterocycles. The number of nitrogens with zero attached hydrogens (tertiary/aromatic N) is 1. The van der Waals surface area contributed by atoms with Crippen LogP contribution in [0.4, 0.5) is 0 Å². The van der Waals surface area contributed by atoms with E-state index in [1.54, 1.807) is 6.33 Å². The maximum Gasteiger partial charge on any atom is 0.233 e. The van der Waals surface area contributed by atoms with E-state index < -0.39 is 0 Å². The Bertz CT molecular complexity index is 858. The largest absolute Gasteiger partial charge is 0.488 e. The standard InChI is InChI=1S/C18H21BO.C7H12N2/c1-5-19(15-9-7-6-8-10-15)16-11-13-17(14-12-16)20-18(2,3)4;1-7(2,3)6-4-8-5-9-6/h5-14H,1H2,2-4H3;4-5H,1-3H3,(H,8,9). The van der Waals surface area contributed by atoms with E-state index in [9.17, 15) is 0 Å². The first-order chi connectivity index (χ1) is 13.6. The molecule has 2 aromatic carbocycles. The molecule has 0 radical (unpaired) electrons. The molecule has 0 atom stereocenters. The van der Waals surface area contributed by atoms with Crippen LogP contribution in [0.15, 0.2) is 79.7 Å². The Hall–Kier alpha value is -2.75. The van der Waals surface area contributed by atoms with Crippen LogP contribution in [0.5, 0.6) is 5.75 Å². The molecule has 0 saturated carbocycles. The molecular formula is C25H33BN2O. The Kier molecular flexibility index (Phi) is 7.50. The van der Waals surface area contributed by atoms with E-state index in [4.69, 9.17) is 4.74 Å². The number of ether oxygens (including phenoxy) is 1. The summed E-state index contributed by atoms with van der Waals surface area (Å²) in [7, 11) is 0. The summed E-state index contributed by atoms with van der Waals surface area (Å²) in [6.45, 7) is 16.8. The van der Waals surface area contributed by atoms with E-state index in [1.165, 1.54) is 16.6 Å². The van der Waals surface area contributed by atoms with Crippen LogP contribution in [-0.4, -0.2) is 22.3 Å². The highest BCUT2D eigenvalue weighted by molar-refractivity contribution is 6.89. The molecule has 0 unspecified atom stereocenters. The highest BCUT2D eigenvalue weighted by Crippen LogP contribution is 2.18. The second-order valence-corrected chi connectivity index (χ2v) is 9.12. The minimum atomic E-state index is -0.168. The quantitative estimate of drug-likeness (QED) is 0.646. The van der Waals surface area contributed by atoms with E-state index in [1.807, 2.05) is 30.4 Å². The van der Waals surface area contributed by atoms with Crippen LogP contribution in [0.3, 0.4) is 0 Å². The van der Waals surface area contributed by atoms with Crippen molar-refractivity contribution in [1.29, 1.82) is 0 Å². The summed E-state index contributed by atoms with van der Waals surface area (Å²) in [6, 6.07) is 18.7. The van der Waals surface area contributed by atoms with Crippen molar-refractivity contribution < 1.29 is 4.74 Å². The number of hydrogen-bond acceptors (Lipinski definition) is 2. The summed E-state index contributed by atoms with van der Waals surface area (Å²) in [5.41, 5.74) is 3.71. The molecular weight excluding hydrogens is 355 g/mol. The molecule has 3 nitrogen and oxygen atoms in total. The van der Waals surface area contributed by atoms with Crippen molar-refractivity contribution >= 4 is 17.6 Å². The van der Waals surface area contributed by atoms with Gasteiger partial charge in [-0.2, -0.15) is 0 Å². The fraction of sp³-hybridized carbons (Fsp3) is 0.320. The summed E-state index contributed by atoms with van der Waals surface area (Å²) in [6.07, 6.45) is 3.57. The van der Waals surface area contributed by atoms with Gasteiger partial charge in [0.1, 0.15) is 11.4 Å². The van der Waals surface area contributed by atoms with Crippen LogP contribution >= 0.6 is 0 Å². The second-order valence-electron chi connectivity index (χ2n) is 9.12. The minimum Gasteiger partial charge on any atom is -0.488 e. The van der Waals surface area contributed by atoms with E-state index in [0.29, 0.717) is 0 Å². The topological polar surface area (TPSA) is 37.9 Å². The molecule has 3 aromatic rings. The summed E-state index contributed by atoms with van der Waals surface area (Å²) in [4.78, 5) is 7.00. The average molecular weight is 388 g/mol. The second kappa shape index (κ2) is 9.64. The lowest BCUT2D eigenvalue weighted by Gasteiger charge is -2.21. The zero-order chi connectivity index (χ0) is 21.5. The Morgan fingerprint density at radius 2 is 1.48 bits per heavy atom. The third-order valence-corrected chi connectivity index (χ3v) is 4.36. The molecule has 0 aliphatic carbocycles. The van der Waals surface area contributed by atoms with Crippen molar-refractivity contribution in [2.24, 2.45) is 0 Å². The van der Waals surface area contributed by atoms with E-state index in [-0.39, 0.29) is 17.7 Å². The summed E-state index contributed by atoms with van der Waals surface area (Å²) in [5.74, 6) is 2.88. The third-order valence-electron chi connectivity index (χ3n) is 4.36. The van der Waals surface area contributed by atoms with Crippen molar-refractivity contribution in [3.63, 3.8) is 0 Å². The predicted molar refractivity (Wildman–Crippen MR) is 126 cm³/mol. The van der Waals surface area contributed by atoms with Gasteiger partial charge >= 0.3 is 0 Å². The maximum absolute atomic E-state index is 5.85. The Morgan fingerprint density at radius 3 is 1.90 bits per heavy atom. The van der Waals surface area contributed by atoms with Gasteiger partial charge in [-0.25, -0.2) is 4.98 Å². The van der Waals surface area contributed by atoms with Gasteiger partial charge < -0.3 is 9.72 Å². The van der Waals surface area contributed by atoms with Gasteiger partial charge in [0, 0.05) is 17.3 Å². The lowest BCUT2D eigenvalue weighted by molar-refractivity contribution is 0.131. The molecule has 0 bridgehead atoms. The van der Waals surface area contributed by atoms with Gasteiger partial charge in [-0.05, 0) is 32.9 Å². The molecule has 1 aromatic heterocycles. The lowest BCUT2D eigenvalue weighted by Crippen LogP contribution is -2.40. The molecule has 152 valence electrons. The van der Waals surface area contributed by atoms with Crippen LogP contribution in [0.1, 0.15) is 47.2 Å². The summed E-state index contributed by atoms with van der Waals surface area (Å²) < 4.78 is 5.85. The normalized spacial score (nSPS) is 11.2. The molecule has 4 heteroatoms. The number of benzene rings is 2. The van der Waals surface area contributed by atoms with Gasteiger partial charge in [0.05, 0.1) is 6.33 Å². The average Bonchev–Trinajstić information content (AvgIpc) is 3.19. The molecule has 0 amide bonds. The highest BCUT2D eigenvalue weighted by Gasteiger charge is 2.16. The molecule has 0 saturated heterocycles. The first kappa shape index (κ1) is 22.5. The van der Waals surface area contributed by atoms with Gasteiger partial charge in [-0.15, -0.1) is 12.6 Å². The molecule has 0 aliphatic rings. The summed E-state index contributed by atoms with van der Waals surface area (Å²) >= 11 is 0. The van der Waals surface area contributed by atoms with Gasteiger partial charge in [-0.1, -0.05) is 74.2 Å². The molecule has 0 fully saturated rings. The van der Waals surface area contributed by atoms with E-state index >= 15 is 0 Å². The fourth-order valence-electron chi connectivity index (χ4n) is 2.89. The van der Waals surface area contributed by atoms with Crippen LogP contribution < -0.4 is 15.7 Å². The molecule has 0 aliphatic heterocycles. The van der Waals surface area contributed by atoms with Gasteiger partial charge in [0.2, 0.25) is 6.71 Å². The van der Waals surface area contributed by atoms with Crippen molar-refractivity contribution in [3.05, 3.63) is 85.4 Å². The molecule has 0 spiro atoms. The van der Waals surface area contributed by atoms with Crippen molar-refractivity contribution in [3.8, 4) is 5.75 Å². The number of imidazole rings is 1. The summed E-state index contributed by atoms with van der Waals surface area (Å²) in [5, 5.41) is 0. The number of hydrogen-bond donors (Lipinski definition) is 1. The third kappa shape index (κ3) is 7.30. The van der Waals surface area contributed by atoms with Gasteiger partial charge in [-0.3, -0.25) is 0 Å². The van der Waals surface area contributed by atoms with Crippen LogP contribution in [0.25, 0.3) is 0 Å². The fourth-order valence-corrected chi connectivity index (χ4v) is 2.89. The highest BCUT2D eigenvalue weighted by atomic mass is 16.5. The minimum absolute atomic E-state index is 0.168. The Morgan fingerprint density at radius 1 is 0.897 bits per heavy atom. The maximum atomic E-state index is 5.85. The van der Waals surface area contributed by atoms with Crippen LogP contribution in [0, 0.1) is 0 Å². The molecule has 1 N–H and O–H groups in total. The van der Waals surface area contributed by atoms with Crippen molar-refractivity contribution in [1.82, 2.24) is 9.97 Å². The Labute approximate surface area is 176 Å². The number of nitrogens with one attached hydrogen (secondary N) is 1. The zero-order valence-electron chi connectivity index (χ0n) is 18.6. The molecule has 3 rings (SSSR count). The number of H-pyrrole nitrogens is 1. The number of aromatic amines is 1. The molecule has 29 heavy (non-hydrogen) atoms. The van der Waals surface area contributed by atoms with E-state index in [0.717, 1.165) is 5.75 Å². The van der Waals surface area contributed by atoms with Crippen molar-refractivity contribution in [2.75, 3.05) is 0 Å². The number of aromatic nitrogens is 2. The van der Waals surface area contributed by atoms with Crippen LogP contribution in [-0.2, 0) is 5.41 Å².